The molecule has 0 aliphatic heterocycles. The molecule has 1 aromatic rings. The third kappa shape index (κ3) is 4.56. The van der Waals surface area contributed by atoms with Gasteiger partial charge < -0.3 is 5.32 Å². The van der Waals surface area contributed by atoms with E-state index in [1.54, 1.807) is 12.1 Å². The molecule has 0 spiro atoms. The molecule has 0 saturated heterocycles. The van der Waals surface area contributed by atoms with E-state index >= 15 is 0 Å². The van der Waals surface area contributed by atoms with Crippen molar-refractivity contribution < 1.29 is 17.2 Å². The molecule has 0 aliphatic rings. The highest BCUT2D eigenvalue weighted by Gasteiger charge is 2.16. The van der Waals surface area contributed by atoms with Gasteiger partial charge in [0.15, 0.2) is 0 Å². The summed E-state index contributed by atoms with van der Waals surface area (Å²) in [4.78, 5) is 0. The van der Waals surface area contributed by atoms with Gasteiger partial charge in [0.25, 0.3) is 6.43 Å². The second-order valence-corrected chi connectivity index (χ2v) is 5.44. The van der Waals surface area contributed by atoms with Crippen LogP contribution in [0.4, 0.5) is 20.2 Å². The lowest BCUT2D eigenvalue weighted by Gasteiger charge is -2.17. The zero-order valence-corrected chi connectivity index (χ0v) is 10.3. The topological polar surface area (TPSA) is 58.2 Å². The Bertz CT molecular complexity index is 477. The maximum Gasteiger partial charge on any atom is 0.258 e. The Balaban J connectivity index is 2.92. The lowest BCUT2D eigenvalue weighted by Crippen LogP contribution is -2.24. The predicted octanol–water partition coefficient (Wildman–Crippen LogP) is 2.12. The average Bonchev–Trinajstić information content (AvgIpc) is 2.18. The van der Waals surface area contributed by atoms with Gasteiger partial charge in [0, 0.05) is 0 Å². The average molecular weight is 264 g/mol. The Morgan fingerprint density at radius 1 is 1.18 bits per heavy atom. The molecule has 0 aliphatic carbocycles. The first-order valence-corrected chi connectivity index (χ1v) is 6.80. The van der Waals surface area contributed by atoms with Crippen molar-refractivity contribution in [1.82, 2.24) is 0 Å². The summed E-state index contributed by atoms with van der Waals surface area (Å²) in [7, 11) is -3.43. The Morgan fingerprint density at radius 3 is 2.18 bits per heavy atom. The molecule has 0 saturated carbocycles. The maximum absolute atomic E-state index is 12.4. The van der Waals surface area contributed by atoms with Crippen LogP contribution in [0.3, 0.4) is 0 Å². The fraction of sp³-hybridized carbons (Fsp3) is 0.400. The first kappa shape index (κ1) is 13.7. The van der Waals surface area contributed by atoms with Gasteiger partial charge in [0.05, 0.1) is 23.7 Å². The normalized spacial score (nSPS) is 13.5. The van der Waals surface area contributed by atoms with Crippen LogP contribution in [-0.2, 0) is 10.0 Å². The fourth-order valence-electron chi connectivity index (χ4n) is 1.21. The van der Waals surface area contributed by atoms with Crippen molar-refractivity contribution in [3.8, 4) is 0 Å². The summed E-state index contributed by atoms with van der Waals surface area (Å²) >= 11 is 0. The Morgan fingerprint density at radius 2 is 1.71 bits per heavy atom. The van der Waals surface area contributed by atoms with E-state index in [0.717, 1.165) is 6.26 Å². The SMILES string of the molecule is CC(Nc1ccccc1NS(C)(=O)=O)C(F)F. The van der Waals surface area contributed by atoms with Gasteiger partial charge in [-0.25, -0.2) is 17.2 Å². The molecule has 1 unspecified atom stereocenters. The minimum absolute atomic E-state index is 0.252. The van der Waals surface area contributed by atoms with E-state index in [9.17, 15) is 17.2 Å². The third-order valence-electron chi connectivity index (χ3n) is 1.98. The first-order chi connectivity index (χ1) is 7.79. The maximum atomic E-state index is 12.4. The molecule has 1 rings (SSSR count). The van der Waals surface area contributed by atoms with Gasteiger partial charge in [-0.15, -0.1) is 0 Å². The number of halogens is 2. The van der Waals surface area contributed by atoms with Gasteiger partial charge in [-0.2, -0.15) is 0 Å². The summed E-state index contributed by atoms with van der Waals surface area (Å²) < 4.78 is 49.2. The van der Waals surface area contributed by atoms with E-state index in [1.807, 2.05) is 0 Å². The van der Waals surface area contributed by atoms with Crippen molar-refractivity contribution in [3.63, 3.8) is 0 Å². The molecular weight excluding hydrogens is 250 g/mol. The number of hydrogen-bond acceptors (Lipinski definition) is 3. The number of hydrogen-bond donors (Lipinski definition) is 2. The Kier molecular flexibility index (Phi) is 4.28. The predicted molar refractivity (Wildman–Crippen MR) is 64.0 cm³/mol. The number of rotatable bonds is 5. The van der Waals surface area contributed by atoms with E-state index in [4.69, 9.17) is 0 Å². The number of nitrogens with one attached hydrogen (secondary N) is 2. The largest absolute Gasteiger partial charge is 0.375 e. The molecule has 0 radical (unpaired) electrons. The van der Waals surface area contributed by atoms with Crippen LogP contribution in [-0.4, -0.2) is 27.1 Å². The second kappa shape index (κ2) is 5.31. The first-order valence-electron chi connectivity index (χ1n) is 4.91. The summed E-state index contributed by atoms with van der Waals surface area (Å²) in [6.07, 6.45) is -1.53. The van der Waals surface area contributed by atoms with Crippen molar-refractivity contribution in [2.75, 3.05) is 16.3 Å². The highest BCUT2D eigenvalue weighted by atomic mass is 32.2. The van der Waals surface area contributed by atoms with E-state index in [2.05, 4.69) is 10.0 Å². The molecule has 0 amide bonds. The molecule has 1 atom stereocenters. The van der Waals surface area contributed by atoms with Crippen LogP contribution in [0.2, 0.25) is 0 Å². The quantitative estimate of drug-likeness (QED) is 0.856. The van der Waals surface area contributed by atoms with Crippen molar-refractivity contribution in [2.45, 2.75) is 19.4 Å². The van der Waals surface area contributed by atoms with Crippen molar-refractivity contribution >= 4 is 21.4 Å². The molecule has 2 N–H and O–H groups in total. The molecule has 1 aromatic carbocycles. The van der Waals surface area contributed by atoms with Crippen LogP contribution >= 0.6 is 0 Å². The van der Waals surface area contributed by atoms with Gasteiger partial charge >= 0.3 is 0 Å². The molecule has 4 nitrogen and oxygen atoms in total. The monoisotopic (exact) mass is 264 g/mol. The lowest BCUT2D eigenvalue weighted by molar-refractivity contribution is 0.131. The molecule has 96 valence electrons. The number of anilines is 2. The summed E-state index contributed by atoms with van der Waals surface area (Å²) in [5.74, 6) is 0. The van der Waals surface area contributed by atoms with E-state index < -0.39 is 22.5 Å². The molecule has 7 heteroatoms. The zero-order chi connectivity index (χ0) is 13.1. The summed E-state index contributed by atoms with van der Waals surface area (Å²) in [6.45, 7) is 1.32. The number of para-hydroxylation sites is 2. The molecule has 0 fully saturated rings. The van der Waals surface area contributed by atoms with Crippen molar-refractivity contribution in [1.29, 1.82) is 0 Å². The molecule has 17 heavy (non-hydrogen) atoms. The van der Waals surface area contributed by atoms with Gasteiger partial charge in [-0.3, -0.25) is 4.72 Å². The van der Waals surface area contributed by atoms with E-state index in [-0.39, 0.29) is 5.69 Å². The van der Waals surface area contributed by atoms with Crippen LogP contribution in [0.5, 0.6) is 0 Å². The Hall–Kier alpha value is -1.37. The summed E-state index contributed by atoms with van der Waals surface area (Å²) in [5, 5.41) is 2.56. The third-order valence-corrected chi connectivity index (χ3v) is 2.57. The van der Waals surface area contributed by atoms with Crippen LogP contribution in [0.25, 0.3) is 0 Å². The van der Waals surface area contributed by atoms with Gasteiger partial charge in [0.1, 0.15) is 0 Å². The van der Waals surface area contributed by atoms with Crippen LogP contribution in [0, 0.1) is 0 Å². The highest BCUT2D eigenvalue weighted by molar-refractivity contribution is 7.92. The van der Waals surface area contributed by atoms with Crippen molar-refractivity contribution in [3.05, 3.63) is 24.3 Å². The number of benzene rings is 1. The molecular formula is C10H14F2N2O2S. The van der Waals surface area contributed by atoms with E-state index in [0.29, 0.717) is 5.69 Å². The number of sulfonamides is 1. The van der Waals surface area contributed by atoms with Gasteiger partial charge in [-0.05, 0) is 19.1 Å². The van der Waals surface area contributed by atoms with Crippen molar-refractivity contribution in [2.24, 2.45) is 0 Å². The van der Waals surface area contributed by atoms with Crippen LogP contribution < -0.4 is 10.0 Å². The summed E-state index contributed by atoms with van der Waals surface area (Å²) in [6, 6.07) is 5.23. The van der Waals surface area contributed by atoms with Gasteiger partial charge in [0.2, 0.25) is 10.0 Å². The lowest BCUT2D eigenvalue weighted by atomic mass is 10.2. The Labute approximate surface area is 99.1 Å². The standard InChI is InChI=1S/C10H14F2N2O2S/c1-7(10(11)12)13-8-5-3-4-6-9(8)14-17(2,15)16/h3-7,10,13-14H,1-2H3. The second-order valence-electron chi connectivity index (χ2n) is 3.69. The van der Waals surface area contributed by atoms with Gasteiger partial charge in [-0.1, -0.05) is 12.1 Å². The smallest absolute Gasteiger partial charge is 0.258 e. The summed E-state index contributed by atoms with van der Waals surface area (Å²) in [5.41, 5.74) is 0.577. The minimum atomic E-state index is -3.43. The molecule has 0 aromatic heterocycles. The molecule has 0 bridgehead atoms. The molecule has 0 heterocycles. The van der Waals surface area contributed by atoms with Crippen LogP contribution in [0.1, 0.15) is 6.92 Å². The zero-order valence-electron chi connectivity index (χ0n) is 9.44. The fourth-order valence-corrected chi connectivity index (χ4v) is 1.78. The number of alkyl halides is 2. The van der Waals surface area contributed by atoms with Crippen LogP contribution in [0.15, 0.2) is 24.3 Å². The van der Waals surface area contributed by atoms with E-state index in [1.165, 1.54) is 19.1 Å². The minimum Gasteiger partial charge on any atom is -0.375 e. The highest BCUT2D eigenvalue weighted by Crippen LogP contribution is 2.23.